The van der Waals surface area contributed by atoms with Gasteiger partial charge in [0.15, 0.2) is 0 Å². The van der Waals surface area contributed by atoms with Crippen LogP contribution < -0.4 is 0 Å². The van der Waals surface area contributed by atoms with Crippen LogP contribution in [0.5, 0.6) is 0 Å². The lowest BCUT2D eigenvalue weighted by Crippen LogP contribution is -2.23. The summed E-state index contributed by atoms with van der Waals surface area (Å²) >= 11 is 0. The van der Waals surface area contributed by atoms with Crippen molar-refractivity contribution >= 4 is 0 Å². The third-order valence-corrected chi connectivity index (χ3v) is 3.61. The summed E-state index contributed by atoms with van der Waals surface area (Å²) < 4.78 is 14.4. The first kappa shape index (κ1) is 15.7. The van der Waals surface area contributed by atoms with Crippen LogP contribution in [0, 0.1) is 5.92 Å². The summed E-state index contributed by atoms with van der Waals surface area (Å²) in [6.07, 6.45) is 7.50. The molecule has 0 spiro atoms. The Morgan fingerprint density at radius 3 is 2.12 bits per heavy atom. The molecule has 1 unspecified atom stereocenters. The molecule has 0 nitrogen and oxygen atoms in total. The molecule has 0 aliphatic carbocycles. The van der Waals surface area contributed by atoms with Crippen molar-refractivity contribution in [1.82, 2.24) is 0 Å². The number of allylic oxidation sites excluding steroid dienone is 2. The maximum absolute atomic E-state index is 14.4. The minimum absolute atomic E-state index is 0.540. The van der Waals surface area contributed by atoms with Gasteiger partial charge in [-0.1, -0.05) is 52.7 Å². The van der Waals surface area contributed by atoms with Crippen LogP contribution in [0.3, 0.4) is 0 Å². The fourth-order valence-electron chi connectivity index (χ4n) is 2.19. The van der Waals surface area contributed by atoms with Gasteiger partial charge in [0.05, 0.1) is 0 Å². The highest BCUT2D eigenvalue weighted by atomic mass is 19.1. The number of hydrogen-bond donors (Lipinski definition) is 0. The molecule has 0 heterocycles. The Hall–Kier alpha value is -0.330. The molecule has 0 aromatic rings. The minimum atomic E-state index is -0.983. The van der Waals surface area contributed by atoms with E-state index in [1.54, 1.807) is 0 Å². The SMILES string of the molecule is CC/C=C(/CC(F)(CC)CC)C(C)CCC. The van der Waals surface area contributed by atoms with Gasteiger partial charge in [-0.15, -0.1) is 0 Å². The molecule has 0 amide bonds. The molecule has 0 saturated heterocycles. The molecule has 1 atom stereocenters. The number of halogens is 1. The van der Waals surface area contributed by atoms with E-state index in [9.17, 15) is 4.39 Å². The summed E-state index contributed by atoms with van der Waals surface area (Å²) in [4.78, 5) is 0. The molecule has 0 fully saturated rings. The van der Waals surface area contributed by atoms with Gasteiger partial charge in [-0.3, -0.25) is 0 Å². The van der Waals surface area contributed by atoms with Crippen molar-refractivity contribution in [2.45, 2.75) is 78.8 Å². The smallest absolute Gasteiger partial charge is 0.114 e. The molecule has 0 aromatic carbocycles. The van der Waals surface area contributed by atoms with E-state index in [0.717, 1.165) is 6.42 Å². The van der Waals surface area contributed by atoms with E-state index in [1.807, 2.05) is 13.8 Å². The van der Waals surface area contributed by atoms with Crippen LogP contribution in [-0.4, -0.2) is 5.67 Å². The maximum Gasteiger partial charge on any atom is 0.114 e. The van der Waals surface area contributed by atoms with Crippen LogP contribution in [0.4, 0.5) is 4.39 Å². The molecule has 0 radical (unpaired) electrons. The van der Waals surface area contributed by atoms with Crippen LogP contribution in [0.15, 0.2) is 11.6 Å². The Morgan fingerprint density at radius 1 is 1.19 bits per heavy atom. The molecule has 0 bridgehead atoms. The van der Waals surface area contributed by atoms with E-state index < -0.39 is 5.67 Å². The van der Waals surface area contributed by atoms with Crippen molar-refractivity contribution in [2.24, 2.45) is 5.92 Å². The van der Waals surface area contributed by atoms with Gasteiger partial charge in [0.2, 0.25) is 0 Å². The largest absolute Gasteiger partial charge is 0.244 e. The van der Waals surface area contributed by atoms with Crippen LogP contribution in [0.1, 0.15) is 73.1 Å². The first-order chi connectivity index (χ1) is 7.52. The molecule has 0 aliphatic heterocycles. The quantitative estimate of drug-likeness (QED) is 0.469. The van der Waals surface area contributed by atoms with Gasteiger partial charge in [-0.2, -0.15) is 0 Å². The van der Waals surface area contributed by atoms with Crippen molar-refractivity contribution in [2.75, 3.05) is 0 Å². The predicted octanol–water partition coefficient (Wildman–Crippen LogP) is 5.68. The molecule has 16 heavy (non-hydrogen) atoms. The highest BCUT2D eigenvalue weighted by Crippen LogP contribution is 2.33. The zero-order valence-corrected chi connectivity index (χ0v) is 11.8. The van der Waals surface area contributed by atoms with Gasteiger partial charge >= 0.3 is 0 Å². The highest BCUT2D eigenvalue weighted by Gasteiger charge is 2.27. The van der Waals surface area contributed by atoms with Gasteiger partial charge in [0.25, 0.3) is 0 Å². The second-order valence-electron chi connectivity index (χ2n) is 4.91. The Labute approximate surface area is 101 Å². The summed E-state index contributed by atoms with van der Waals surface area (Å²) in [6.45, 7) is 10.5. The summed E-state index contributed by atoms with van der Waals surface area (Å²) in [5.74, 6) is 0.540. The normalized spacial score (nSPS) is 15.2. The van der Waals surface area contributed by atoms with Crippen molar-refractivity contribution in [3.05, 3.63) is 11.6 Å². The summed E-state index contributed by atoms with van der Waals surface area (Å²) in [6, 6.07) is 0. The monoisotopic (exact) mass is 228 g/mol. The van der Waals surface area contributed by atoms with Gasteiger partial charge in [-0.25, -0.2) is 4.39 Å². The Kier molecular flexibility index (Phi) is 7.70. The summed E-state index contributed by atoms with van der Waals surface area (Å²) in [5.41, 5.74) is 0.346. The second kappa shape index (κ2) is 7.86. The van der Waals surface area contributed by atoms with Gasteiger partial charge < -0.3 is 0 Å². The Morgan fingerprint density at radius 2 is 1.75 bits per heavy atom. The number of alkyl halides is 1. The maximum atomic E-state index is 14.4. The second-order valence-corrected chi connectivity index (χ2v) is 4.91. The zero-order valence-electron chi connectivity index (χ0n) is 11.8. The fraction of sp³-hybridized carbons (Fsp3) is 0.867. The third kappa shape index (κ3) is 5.14. The summed E-state index contributed by atoms with van der Waals surface area (Å²) in [7, 11) is 0. The van der Waals surface area contributed by atoms with E-state index in [1.165, 1.54) is 18.4 Å². The van der Waals surface area contributed by atoms with Crippen molar-refractivity contribution in [3.63, 3.8) is 0 Å². The van der Waals surface area contributed by atoms with Gasteiger partial charge in [-0.05, 0) is 31.6 Å². The average Bonchev–Trinajstić information content (AvgIpc) is 2.28. The number of rotatable bonds is 8. The van der Waals surface area contributed by atoms with E-state index in [0.29, 0.717) is 25.2 Å². The summed E-state index contributed by atoms with van der Waals surface area (Å²) in [5, 5.41) is 0. The molecular weight excluding hydrogens is 199 g/mol. The van der Waals surface area contributed by atoms with E-state index in [2.05, 4.69) is 26.8 Å². The molecule has 0 aromatic heterocycles. The van der Waals surface area contributed by atoms with Crippen LogP contribution in [0.25, 0.3) is 0 Å². The van der Waals surface area contributed by atoms with E-state index in [4.69, 9.17) is 0 Å². The van der Waals surface area contributed by atoms with Crippen molar-refractivity contribution in [3.8, 4) is 0 Å². The van der Waals surface area contributed by atoms with Crippen LogP contribution in [-0.2, 0) is 0 Å². The van der Waals surface area contributed by atoms with Crippen LogP contribution >= 0.6 is 0 Å². The first-order valence-electron chi connectivity index (χ1n) is 6.90. The first-order valence-corrected chi connectivity index (χ1v) is 6.90. The average molecular weight is 228 g/mol. The molecule has 96 valence electrons. The topological polar surface area (TPSA) is 0 Å². The fourth-order valence-corrected chi connectivity index (χ4v) is 2.19. The van der Waals surface area contributed by atoms with Crippen molar-refractivity contribution in [1.29, 1.82) is 0 Å². The lowest BCUT2D eigenvalue weighted by atomic mass is 9.84. The molecule has 1 heteroatoms. The highest BCUT2D eigenvalue weighted by molar-refractivity contribution is 5.09. The van der Waals surface area contributed by atoms with E-state index in [-0.39, 0.29) is 0 Å². The molecule has 0 aliphatic rings. The standard InChI is InChI=1S/C15H29F/c1-6-10-13(5)14(11-7-2)12-15(16,8-3)9-4/h11,13H,6-10,12H2,1-5H3/b14-11-. The Bertz CT molecular complexity index is 201. The third-order valence-electron chi connectivity index (χ3n) is 3.61. The Balaban J connectivity index is 4.62. The minimum Gasteiger partial charge on any atom is -0.244 e. The number of hydrogen-bond acceptors (Lipinski definition) is 0. The lowest BCUT2D eigenvalue weighted by Gasteiger charge is -2.26. The van der Waals surface area contributed by atoms with E-state index >= 15 is 0 Å². The lowest BCUT2D eigenvalue weighted by molar-refractivity contribution is 0.146. The molecule has 0 N–H and O–H groups in total. The molecule has 0 saturated carbocycles. The van der Waals surface area contributed by atoms with Gasteiger partial charge in [0.1, 0.15) is 5.67 Å². The van der Waals surface area contributed by atoms with Crippen LogP contribution in [0.2, 0.25) is 0 Å². The predicted molar refractivity (Wildman–Crippen MR) is 71.5 cm³/mol. The zero-order chi connectivity index (χ0) is 12.6. The van der Waals surface area contributed by atoms with Crippen molar-refractivity contribution < 1.29 is 4.39 Å². The molecular formula is C15H29F. The van der Waals surface area contributed by atoms with Gasteiger partial charge in [0, 0.05) is 6.42 Å². The molecule has 0 rings (SSSR count).